The second-order valence-electron chi connectivity index (χ2n) is 12.0. The summed E-state index contributed by atoms with van der Waals surface area (Å²) in [6.45, 7) is 3.07. The summed E-state index contributed by atoms with van der Waals surface area (Å²) in [6, 6.07) is 15.8. The van der Waals surface area contributed by atoms with Gasteiger partial charge in [-0.1, -0.05) is 42.5 Å². The Morgan fingerprint density at radius 3 is 2.13 bits per heavy atom. The third-order valence-corrected chi connectivity index (χ3v) is 9.10. The van der Waals surface area contributed by atoms with Crippen LogP contribution in [0.1, 0.15) is 79.4 Å². The van der Waals surface area contributed by atoms with Gasteiger partial charge in [0.15, 0.2) is 0 Å². The monoisotopic (exact) mass is 651 g/mol. The van der Waals surface area contributed by atoms with Crippen LogP contribution in [-0.4, -0.2) is 28.5 Å². The number of benzene rings is 3. The number of hydrogen-bond donors (Lipinski definition) is 0. The molecule has 1 aliphatic carbocycles. The second-order valence-corrected chi connectivity index (χ2v) is 12.0. The van der Waals surface area contributed by atoms with Crippen molar-refractivity contribution in [1.82, 2.24) is 4.90 Å². The molecule has 2 fully saturated rings. The number of carbonyl (C=O) groups excluding carboxylic acids is 2. The van der Waals surface area contributed by atoms with E-state index >= 15 is 0 Å². The Hall–Kier alpha value is -3.93. The van der Waals surface area contributed by atoms with Crippen LogP contribution >= 0.6 is 0 Å². The molecule has 0 aromatic heterocycles. The molecule has 0 spiro atoms. The molecule has 5 nitrogen and oxygen atoms in total. The summed E-state index contributed by atoms with van der Waals surface area (Å²) in [5.74, 6) is -1.98. The molecule has 1 aliphatic heterocycles. The van der Waals surface area contributed by atoms with E-state index in [0.717, 1.165) is 10.5 Å². The summed E-state index contributed by atoms with van der Waals surface area (Å²) >= 11 is 0. The molecule has 46 heavy (non-hydrogen) atoms. The topological polar surface area (TPSA) is 55.8 Å². The Labute approximate surface area is 261 Å². The molecule has 0 unspecified atom stereocenters. The molecule has 1 saturated carbocycles. The van der Waals surface area contributed by atoms with Gasteiger partial charge in [0.05, 0.1) is 28.9 Å². The van der Waals surface area contributed by atoms with Crippen molar-refractivity contribution in [3.63, 3.8) is 0 Å². The summed E-state index contributed by atoms with van der Waals surface area (Å²) < 4.78 is 107. The maximum absolute atomic E-state index is 14.0. The summed E-state index contributed by atoms with van der Waals surface area (Å²) in [7, 11) is 0. The summed E-state index contributed by atoms with van der Waals surface area (Å²) in [6.07, 6.45) is -11.7. The quantitative estimate of drug-likeness (QED) is 0.239. The average Bonchev–Trinajstić information content (AvgIpc) is 3.56. The van der Waals surface area contributed by atoms with Crippen molar-refractivity contribution in [2.45, 2.75) is 82.2 Å². The summed E-state index contributed by atoms with van der Waals surface area (Å²) in [4.78, 5) is 27.6. The van der Waals surface area contributed by atoms with Gasteiger partial charge in [0, 0.05) is 12.3 Å². The van der Waals surface area contributed by atoms with E-state index in [4.69, 9.17) is 9.47 Å². The zero-order chi connectivity index (χ0) is 33.4. The van der Waals surface area contributed by atoms with E-state index in [-0.39, 0.29) is 24.7 Å². The highest BCUT2D eigenvalue weighted by atomic mass is 19.4. The third-order valence-electron chi connectivity index (χ3n) is 9.10. The molecule has 0 N–H and O–H groups in total. The maximum atomic E-state index is 14.0. The van der Waals surface area contributed by atoms with E-state index in [1.54, 1.807) is 31.2 Å². The number of halogens is 7. The van der Waals surface area contributed by atoms with E-state index in [1.165, 1.54) is 31.2 Å². The van der Waals surface area contributed by atoms with Crippen LogP contribution in [0.4, 0.5) is 35.5 Å². The Kier molecular flexibility index (Phi) is 9.23. The van der Waals surface area contributed by atoms with E-state index in [9.17, 15) is 40.3 Å². The molecule has 246 valence electrons. The fraction of sp³-hybridized carbons (Fsp3) is 0.412. The number of ether oxygens (including phenoxy) is 2. The molecular formula is C34H32F7NO4. The SMILES string of the molecule is C[C@@H](O[C@H]1CC[C@@H]([C@@]2(C)CCC(=O)N2C(=O)OCc2ccccc2)[C@@H]1c1ccc(F)cc1)c1cc(C(F)(F)F)cc(C(F)(F)F)c1. The number of amides is 2. The van der Waals surface area contributed by atoms with Gasteiger partial charge < -0.3 is 9.47 Å². The molecule has 0 radical (unpaired) electrons. The first-order chi connectivity index (χ1) is 21.6. The molecule has 5 atom stereocenters. The van der Waals surface area contributed by atoms with Gasteiger partial charge in [-0.25, -0.2) is 14.1 Å². The van der Waals surface area contributed by atoms with Crippen LogP contribution in [0.25, 0.3) is 0 Å². The standard InChI is InChI=1S/C34H32F7NO4/c1-20(23-16-24(33(36,37)38)18-25(17-23)34(39,40)41)46-28-13-12-27(30(28)22-8-10-26(35)11-9-22)32(2)15-14-29(43)42(32)31(44)45-19-21-6-4-3-5-7-21/h3-11,16-18,20,27-28,30H,12-15,19H2,1-2H3/t20-,27-,28+,30+,32-/m1/s1. The van der Waals surface area contributed by atoms with Crippen molar-refractivity contribution >= 4 is 12.0 Å². The first-order valence-corrected chi connectivity index (χ1v) is 14.8. The highest BCUT2D eigenvalue weighted by Gasteiger charge is 2.56. The van der Waals surface area contributed by atoms with Crippen molar-refractivity contribution < 1.29 is 49.8 Å². The van der Waals surface area contributed by atoms with Crippen LogP contribution in [0.15, 0.2) is 72.8 Å². The minimum absolute atomic E-state index is 0.0621. The maximum Gasteiger partial charge on any atom is 0.417 e. The number of rotatable bonds is 7. The average molecular weight is 652 g/mol. The number of carbonyl (C=O) groups is 2. The van der Waals surface area contributed by atoms with Crippen LogP contribution in [0.2, 0.25) is 0 Å². The van der Waals surface area contributed by atoms with Crippen LogP contribution in [-0.2, 0) is 33.2 Å². The molecule has 3 aromatic rings. The lowest BCUT2D eigenvalue weighted by molar-refractivity contribution is -0.143. The van der Waals surface area contributed by atoms with E-state index in [2.05, 4.69) is 0 Å². The lowest BCUT2D eigenvalue weighted by atomic mass is 9.74. The van der Waals surface area contributed by atoms with Crippen molar-refractivity contribution in [3.8, 4) is 0 Å². The number of hydrogen-bond acceptors (Lipinski definition) is 4. The number of alkyl halides is 6. The highest BCUT2D eigenvalue weighted by Crippen LogP contribution is 2.53. The largest absolute Gasteiger partial charge is 0.444 e. The van der Waals surface area contributed by atoms with Gasteiger partial charge in [-0.15, -0.1) is 0 Å². The molecule has 1 saturated heterocycles. The van der Waals surface area contributed by atoms with Crippen LogP contribution in [0, 0.1) is 11.7 Å². The summed E-state index contributed by atoms with van der Waals surface area (Å²) in [5.41, 5.74) is -2.95. The van der Waals surface area contributed by atoms with Crippen LogP contribution in [0.5, 0.6) is 0 Å². The molecule has 5 rings (SSSR count). The molecular weight excluding hydrogens is 619 g/mol. The van der Waals surface area contributed by atoms with Gasteiger partial charge in [-0.05, 0) is 86.1 Å². The molecule has 1 heterocycles. The minimum atomic E-state index is -5.02. The van der Waals surface area contributed by atoms with Gasteiger partial charge in [-0.3, -0.25) is 4.79 Å². The lowest BCUT2D eigenvalue weighted by Crippen LogP contribution is -2.53. The predicted molar refractivity (Wildman–Crippen MR) is 153 cm³/mol. The van der Waals surface area contributed by atoms with Crippen molar-refractivity contribution in [3.05, 3.63) is 106 Å². The predicted octanol–water partition coefficient (Wildman–Crippen LogP) is 9.22. The Bertz CT molecular complexity index is 1530. The second kappa shape index (κ2) is 12.7. The fourth-order valence-electron chi connectivity index (χ4n) is 6.81. The van der Waals surface area contributed by atoms with Gasteiger partial charge >= 0.3 is 18.4 Å². The molecule has 3 aromatic carbocycles. The van der Waals surface area contributed by atoms with E-state index in [0.29, 0.717) is 37.0 Å². The molecule has 2 aliphatic rings. The molecule has 0 bridgehead atoms. The highest BCUT2D eigenvalue weighted by molar-refractivity contribution is 5.95. The van der Waals surface area contributed by atoms with Gasteiger partial charge in [0.25, 0.3) is 0 Å². The van der Waals surface area contributed by atoms with E-state index in [1.807, 2.05) is 6.07 Å². The van der Waals surface area contributed by atoms with Gasteiger partial charge in [-0.2, -0.15) is 26.3 Å². The normalized spacial score (nSPS) is 24.3. The van der Waals surface area contributed by atoms with E-state index < -0.39 is 70.9 Å². The minimum Gasteiger partial charge on any atom is -0.444 e. The third kappa shape index (κ3) is 6.91. The summed E-state index contributed by atoms with van der Waals surface area (Å²) in [5, 5.41) is 0. The smallest absolute Gasteiger partial charge is 0.417 e. The Balaban J connectivity index is 1.45. The number of imide groups is 1. The first-order valence-electron chi connectivity index (χ1n) is 14.8. The Morgan fingerprint density at radius 2 is 1.54 bits per heavy atom. The number of likely N-dealkylation sites (tertiary alicyclic amines) is 1. The molecule has 2 amide bonds. The van der Waals surface area contributed by atoms with Gasteiger partial charge in [0.2, 0.25) is 5.91 Å². The number of nitrogens with zero attached hydrogens (tertiary/aromatic N) is 1. The van der Waals surface area contributed by atoms with Crippen molar-refractivity contribution in [2.75, 3.05) is 0 Å². The first kappa shape index (κ1) is 33.4. The molecule has 12 heteroatoms. The Morgan fingerprint density at radius 1 is 0.935 bits per heavy atom. The van der Waals surface area contributed by atoms with Gasteiger partial charge in [0.1, 0.15) is 12.4 Å². The zero-order valence-corrected chi connectivity index (χ0v) is 25.0. The van der Waals surface area contributed by atoms with Crippen LogP contribution in [0.3, 0.4) is 0 Å². The lowest BCUT2D eigenvalue weighted by Gasteiger charge is -2.42. The van der Waals surface area contributed by atoms with Crippen molar-refractivity contribution in [1.29, 1.82) is 0 Å². The zero-order valence-electron chi connectivity index (χ0n) is 25.0. The van der Waals surface area contributed by atoms with Crippen LogP contribution < -0.4 is 0 Å². The fourth-order valence-corrected chi connectivity index (χ4v) is 6.81. The van der Waals surface area contributed by atoms with Crippen molar-refractivity contribution in [2.24, 2.45) is 5.92 Å².